The van der Waals surface area contributed by atoms with Crippen LogP contribution in [0.15, 0.2) is 11.1 Å². The van der Waals surface area contributed by atoms with Gasteiger partial charge in [0.2, 0.25) is 0 Å². The summed E-state index contributed by atoms with van der Waals surface area (Å²) in [4.78, 5) is 10.6. The number of allylic oxidation sites excluding steroid dienone is 1. The molecule has 4 heteroatoms. The lowest BCUT2D eigenvalue weighted by molar-refractivity contribution is -0.118. The van der Waals surface area contributed by atoms with Gasteiger partial charge >= 0.3 is 0 Å². The summed E-state index contributed by atoms with van der Waals surface area (Å²) < 4.78 is 0. The number of carbonyl (C=O) groups is 1. The van der Waals surface area contributed by atoms with Crippen LogP contribution in [0, 0.1) is 0 Å². The predicted molar refractivity (Wildman–Crippen MR) is 35.6 cm³/mol. The number of aliphatic hydroxyl groups is 2. The molecule has 0 aromatic heterocycles. The van der Waals surface area contributed by atoms with Crippen molar-refractivity contribution in [3.8, 4) is 0 Å². The number of halogens is 1. The van der Waals surface area contributed by atoms with Crippen LogP contribution in [0.5, 0.6) is 0 Å². The van der Waals surface area contributed by atoms with Crippen molar-refractivity contribution in [2.75, 3.05) is 0 Å². The number of rotatable bonds is 0. The number of aliphatic hydroxyl groups excluding tert-OH is 2. The van der Waals surface area contributed by atoms with Crippen molar-refractivity contribution in [1.82, 2.24) is 0 Å². The first-order valence-corrected chi connectivity index (χ1v) is 3.25. The summed E-state index contributed by atoms with van der Waals surface area (Å²) in [6.07, 6.45) is -1.03. The molecule has 0 bridgehead atoms. The van der Waals surface area contributed by atoms with Crippen LogP contribution < -0.4 is 0 Å². The van der Waals surface area contributed by atoms with Gasteiger partial charge in [0.1, 0.15) is 6.10 Å². The molecule has 0 aromatic carbocycles. The standard InChI is InChI=1S/C6H7ClO3/c7-4-1-3(8)2-5(9)6(4)10/h1,5-6,9-10H,2H2/t5-,6+/m0/s1. The van der Waals surface area contributed by atoms with Crippen LogP contribution in [-0.2, 0) is 4.79 Å². The maximum absolute atomic E-state index is 10.6. The van der Waals surface area contributed by atoms with Gasteiger partial charge in [0, 0.05) is 6.42 Å². The van der Waals surface area contributed by atoms with Crippen LogP contribution in [0.2, 0.25) is 0 Å². The van der Waals surface area contributed by atoms with E-state index in [0.717, 1.165) is 6.08 Å². The second-order valence-corrected chi connectivity index (χ2v) is 2.65. The summed E-state index contributed by atoms with van der Waals surface area (Å²) in [5, 5.41) is 17.9. The zero-order valence-electron chi connectivity index (χ0n) is 5.12. The highest BCUT2D eigenvalue weighted by atomic mass is 35.5. The van der Waals surface area contributed by atoms with E-state index in [9.17, 15) is 4.79 Å². The van der Waals surface area contributed by atoms with Crippen LogP contribution in [-0.4, -0.2) is 28.2 Å². The number of hydrogen-bond donors (Lipinski definition) is 2. The molecule has 0 radical (unpaired) electrons. The van der Waals surface area contributed by atoms with Crippen molar-refractivity contribution >= 4 is 17.4 Å². The molecule has 0 unspecified atom stereocenters. The second kappa shape index (κ2) is 2.70. The molecule has 1 rings (SSSR count). The highest BCUT2D eigenvalue weighted by molar-refractivity contribution is 6.32. The van der Waals surface area contributed by atoms with Crippen LogP contribution in [0.3, 0.4) is 0 Å². The van der Waals surface area contributed by atoms with E-state index in [4.69, 9.17) is 21.8 Å². The van der Waals surface area contributed by atoms with Crippen LogP contribution in [0.25, 0.3) is 0 Å². The van der Waals surface area contributed by atoms with Crippen molar-refractivity contribution in [1.29, 1.82) is 0 Å². The Morgan fingerprint density at radius 2 is 2.20 bits per heavy atom. The van der Waals surface area contributed by atoms with Crippen molar-refractivity contribution in [2.45, 2.75) is 18.6 Å². The lowest BCUT2D eigenvalue weighted by Gasteiger charge is -2.19. The normalized spacial score (nSPS) is 33.9. The lowest BCUT2D eigenvalue weighted by Crippen LogP contribution is -2.32. The number of carbonyl (C=O) groups excluding carboxylic acids is 1. The van der Waals surface area contributed by atoms with Gasteiger partial charge < -0.3 is 10.2 Å². The molecule has 1 aliphatic rings. The van der Waals surface area contributed by atoms with Gasteiger partial charge in [-0.1, -0.05) is 11.6 Å². The summed E-state index contributed by atoms with van der Waals surface area (Å²) >= 11 is 5.39. The van der Waals surface area contributed by atoms with Gasteiger partial charge in [-0.15, -0.1) is 0 Å². The third-order valence-electron chi connectivity index (χ3n) is 1.36. The van der Waals surface area contributed by atoms with Gasteiger partial charge in [-0.05, 0) is 6.08 Å². The molecule has 2 N–H and O–H groups in total. The first kappa shape index (κ1) is 7.72. The van der Waals surface area contributed by atoms with E-state index >= 15 is 0 Å². The van der Waals surface area contributed by atoms with Gasteiger partial charge in [-0.2, -0.15) is 0 Å². The van der Waals surface area contributed by atoms with E-state index in [1.807, 2.05) is 0 Å². The van der Waals surface area contributed by atoms with E-state index in [1.165, 1.54) is 0 Å². The summed E-state index contributed by atoms with van der Waals surface area (Å²) in [5.41, 5.74) is 0. The summed E-state index contributed by atoms with van der Waals surface area (Å²) in [5.74, 6) is -0.247. The Balaban J connectivity index is 2.80. The monoisotopic (exact) mass is 162 g/mol. The van der Waals surface area contributed by atoms with E-state index in [2.05, 4.69) is 0 Å². The Kier molecular flexibility index (Phi) is 2.08. The minimum atomic E-state index is -1.08. The molecule has 0 fully saturated rings. The van der Waals surface area contributed by atoms with Gasteiger partial charge in [0.05, 0.1) is 11.1 Å². The van der Waals surface area contributed by atoms with Crippen LogP contribution in [0.1, 0.15) is 6.42 Å². The molecule has 56 valence electrons. The van der Waals surface area contributed by atoms with Gasteiger partial charge in [-0.25, -0.2) is 0 Å². The number of ketones is 1. The van der Waals surface area contributed by atoms with Gasteiger partial charge in [0.25, 0.3) is 0 Å². The fourth-order valence-electron chi connectivity index (χ4n) is 0.800. The zero-order chi connectivity index (χ0) is 7.72. The van der Waals surface area contributed by atoms with Crippen molar-refractivity contribution in [3.63, 3.8) is 0 Å². The van der Waals surface area contributed by atoms with E-state index in [0.29, 0.717) is 0 Å². The molecular weight excluding hydrogens is 156 g/mol. The fourth-order valence-corrected chi connectivity index (χ4v) is 1.07. The maximum Gasteiger partial charge on any atom is 0.159 e. The molecule has 0 saturated carbocycles. The van der Waals surface area contributed by atoms with Crippen molar-refractivity contribution in [2.24, 2.45) is 0 Å². The molecule has 0 amide bonds. The average molecular weight is 163 g/mol. The molecule has 2 atom stereocenters. The third kappa shape index (κ3) is 1.37. The third-order valence-corrected chi connectivity index (χ3v) is 1.69. The first-order chi connectivity index (χ1) is 4.61. The number of hydrogen-bond acceptors (Lipinski definition) is 3. The quantitative estimate of drug-likeness (QED) is 0.519. The highest BCUT2D eigenvalue weighted by Crippen LogP contribution is 2.19. The van der Waals surface area contributed by atoms with Crippen molar-refractivity contribution < 1.29 is 15.0 Å². The minimum absolute atomic E-state index is 0.0174. The predicted octanol–water partition coefficient (Wildman–Crippen LogP) is -0.196. The Bertz CT molecular complexity index is 187. The molecule has 0 aromatic rings. The van der Waals surface area contributed by atoms with Crippen LogP contribution >= 0.6 is 11.6 Å². The van der Waals surface area contributed by atoms with E-state index in [-0.39, 0.29) is 17.2 Å². The fraction of sp³-hybridized carbons (Fsp3) is 0.500. The molecule has 0 saturated heterocycles. The lowest BCUT2D eigenvalue weighted by atomic mass is 10.0. The molecule has 1 aliphatic carbocycles. The van der Waals surface area contributed by atoms with E-state index in [1.54, 1.807) is 0 Å². The molecule has 0 aliphatic heterocycles. The smallest absolute Gasteiger partial charge is 0.159 e. The zero-order valence-corrected chi connectivity index (χ0v) is 5.88. The average Bonchev–Trinajstić information content (AvgIpc) is 1.82. The molecule has 3 nitrogen and oxygen atoms in total. The summed E-state index contributed by atoms with van der Waals surface area (Å²) in [6, 6.07) is 0. The highest BCUT2D eigenvalue weighted by Gasteiger charge is 2.26. The maximum atomic E-state index is 10.6. The SMILES string of the molecule is O=C1C=C(Cl)[C@@H](O)[C@@H](O)C1. The molecule has 0 heterocycles. The Labute approximate surface area is 62.9 Å². The Morgan fingerprint density at radius 1 is 1.60 bits per heavy atom. The van der Waals surface area contributed by atoms with Gasteiger partial charge in [0.15, 0.2) is 5.78 Å². The van der Waals surface area contributed by atoms with E-state index < -0.39 is 12.2 Å². The largest absolute Gasteiger partial charge is 0.390 e. The van der Waals surface area contributed by atoms with Crippen LogP contribution in [0.4, 0.5) is 0 Å². The molecule has 10 heavy (non-hydrogen) atoms. The van der Waals surface area contributed by atoms with Gasteiger partial charge in [-0.3, -0.25) is 4.79 Å². The topological polar surface area (TPSA) is 57.5 Å². The summed E-state index contributed by atoms with van der Waals surface area (Å²) in [7, 11) is 0. The first-order valence-electron chi connectivity index (χ1n) is 2.87. The molecule has 0 spiro atoms. The minimum Gasteiger partial charge on any atom is -0.390 e. The molecular formula is C6H7ClO3. The Hall–Kier alpha value is -0.380. The van der Waals surface area contributed by atoms with Crippen molar-refractivity contribution in [3.05, 3.63) is 11.1 Å². The summed E-state index contributed by atoms with van der Waals surface area (Å²) in [6.45, 7) is 0. The second-order valence-electron chi connectivity index (χ2n) is 2.21. The Morgan fingerprint density at radius 3 is 2.70 bits per heavy atom.